The van der Waals surface area contributed by atoms with E-state index >= 15 is 0 Å². The van der Waals surface area contributed by atoms with Crippen molar-refractivity contribution >= 4 is 17.6 Å². The van der Waals surface area contributed by atoms with E-state index < -0.39 is 6.04 Å². The Kier molecular flexibility index (Phi) is 4.67. The van der Waals surface area contributed by atoms with E-state index in [2.05, 4.69) is 27.2 Å². The zero-order chi connectivity index (χ0) is 20.8. The normalized spacial score (nSPS) is 26.7. The van der Waals surface area contributed by atoms with E-state index in [0.717, 1.165) is 30.8 Å². The standard InChI is InChI=1S/C22H24FN5O2/c1-25-19-18(20(29)28(22(25)30)14-15-8-10-16(23)11-9-15)27-13-5-12-26(21(27)24-19)17-6-3-2-4-7-17/h2-4,6-11,18-19,21,24H,5,12-14H2,1H3. The molecule has 0 spiro atoms. The number of carbonyl (C=O) groups excluding carboxylic acids is 2. The molecule has 3 aliphatic rings. The quantitative estimate of drug-likeness (QED) is 0.841. The van der Waals surface area contributed by atoms with Crippen LogP contribution in [0.4, 0.5) is 14.9 Å². The molecule has 3 saturated heterocycles. The summed E-state index contributed by atoms with van der Waals surface area (Å²) in [6.07, 6.45) is 0.393. The van der Waals surface area contributed by atoms with Crippen molar-refractivity contribution in [3.05, 3.63) is 66.0 Å². The lowest BCUT2D eigenvalue weighted by Crippen LogP contribution is -2.66. The van der Waals surface area contributed by atoms with Gasteiger partial charge in [0.2, 0.25) is 0 Å². The summed E-state index contributed by atoms with van der Waals surface area (Å²) in [7, 11) is 1.72. The molecule has 1 N–H and O–H groups in total. The number of carbonyl (C=O) groups is 2. The number of benzene rings is 2. The molecular formula is C22H24FN5O2. The third-order valence-electron chi connectivity index (χ3n) is 6.21. The first-order valence-electron chi connectivity index (χ1n) is 10.2. The van der Waals surface area contributed by atoms with Crippen LogP contribution in [-0.4, -0.2) is 65.3 Å². The maximum Gasteiger partial charge on any atom is 0.328 e. The van der Waals surface area contributed by atoms with Crippen molar-refractivity contribution in [3.63, 3.8) is 0 Å². The van der Waals surface area contributed by atoms with Crippen LogP contribution in [0.5, 0.6) is 0 Å². The van der Waals surface area contributed by atoms with Gasteiger partial charge in [-0.15, -0.1) is 0 Å². The van der Waals surface area contributed by atoms with Crippen molar-refractivity contribution in [2.75, 3.05) is 25.0 Å². The number of nitrogens with one attached hydrogen (secondary N) is 1. The predicted octanol–water partition coefficient (Wildman–Crippen LogP) is 2.01. The summed E-state index contributed by atoms with van der Waals surface area (Å²) >= 11 is 0. The Morgan fingerprint density at radius 2 is 1.77 bits per heavy atom. The Morgan fingerprint density at radius 3 is 2.50 bits per heavy atom. The van der Waals surface area contributed by atoms with Gasteiger partial charge in [-0.05, 0) is 36.2 Å². The van der Waals surface area contributed by atoms with Crippen LogP contribution >= 0.6 is 0 Å². The van der Waals surface area contributed by atoms with E-state index in [4.69, 9.17) is 0 Å². The molecule has 7 nitrogen and oxygen atoms in total. The van der Waals surface area contributed by atoms with E-state index in [1.165, 1.54) is 17.0 Å². The van der Waals surface area contributed by atoms with Gasteiger partial charge in [-0.1, -0.05) is 30.3 Å². The fraction of sp³-hybridized carbons (Fsp3) is 0.364. The highest BCUT2D eigenvalue weighted by Gasteiger charge is 2.56. The fourth-order valence-corrected chi connectivity index (χ4v) is 4.72. The number of hydrogen-bond donors (Lipinski definition) is 1. The number of fused-ring (bicyclic) bond motifs is 3. The maximum atomic E-state index is 13.4. The van der Waals surface area contributed by atoms with Gasteiger partial charge < -0.3 is 9.80 Å². The van der Waals surface area contributed by atoms with Crippen LogP contribution in [0.2, 0.25) is 0 Å². The highest BCUT2D eigenvalue weighted by atomic mass is 19.1. The molecule has 30 heavy (non-hydrogen) atoms. The van der Waals surface area contributed by atoms with E-state index in [-0.39, 0.29) is 36.8 Å². The van der Waals surface area contributed by atoms with Crippen molar-refractivity contribution in [1.82, 2.24) is 20.0 Å². The smallest absolute Gasteiger partial charge is 0.328 e. The van der Waals surface area contributed by atoms with Crippen molar-refractivity contribution in [3.8, 4) is 0 Å². The van der Waals surface area contributed by atoms with Gasteiger partial charge >= 0.3 is 6.03 Å². The Morgan fingerprint density at radius 1 is 1.03 bits per heavy atom. The first-order chi connectivity index (χ1) is 14.5. The lowest BCUT2D eigenvalue weighted by Gasteiger charge is -2.43. The zero-order valence-corrected chi connectivity index (χ0v) is 16.7. The number of imide groups is 1. The number of likely N-dealkylation sites (N-methyl/N-ethyl adjacent to an activating group) is 1. The Labute approximate surface area is 174 Å². The minimum Gasteiger partial charge on any atom is -0.343 e. The van der Waals surface area contributed by atoms with Gasteiger partial charge in [-0.3, -0.25) is 19.9 Å². The highest BCUT2D eigenvalue weighted by molar-refractivity contribution is 6.00. The van der Waals surface area contributed by atoms with Crippen molar-refractivity contribution in [2.24, 2.45) is 0 Å². The molecule has 8 heteroatoms. The van der Waals surface area contributed by atoms with E-state index in [0.29, 0.717) is 0 Å². The van der Waals surface area contributed by atoms with Crippen molar-refractivity contribution in [1.29, 1.82) is 0 Å². The van der Waals surface area contributed by atoms with Gasteiger partial charge in [0, 0.05) is 25.8 Å². The van der Waals surface area contributed by atoms with E-state index in [9.17, 15) is 14.0 Å². The molecule has 2 aromatic carbocycles. The van der Waals surface area contributed by atoms with Gasteiger partial charge in [0.05, 0.1) is 6.54 Å². The molecular weight excluding hydrogens is 385 g/mol. The third kappa shape index (κ3) is 3.03. The number of hydrogen-bond acceptors (Lipinski definition) is 5. The average molecular weight is 409 g/mol. The lowest BCUT2D eigenvalue weighted by molar-refractivity contribution is -0.139. The molecule has 3 aliphatic heterocycles. The number of urea groups is 1. The number of anilines is 1. The monoisotopic (exact) mass is 409 g/mol. The highest BCUT2D eigenvalue weighted by Crippen LogP contribution is 2.33. The zero-order valence-electron chi connectivity index (χ0n) is 16.7. The van der Waals surface area contributed by atoms with E-state index in [1.807, 2.05) is 18.2 Å². The van der Waals surface area contributed by atoms with Gasteiger partial charge in [0.1, 0.15) is 24.3 Å². The molecule has 5 rings (SSSR count). The summed E-state index contributed by atoms with van der Waals surface area (Å²) in [5.41, 5.74) is 1.81. The second kappa shape index (κ2) is 7.37. The fourth-order valence-electron chi connectivity index (χ4n) is 4.72. The number of amides is 3. The topological polar surface area (TPSA) is 59.1 Å². The van der Waals surface area contributed by atoms with Crippen LogP contribution in [0.1, 0.15) is 12.0 Å². The first kappa shape index (κ1) is 19.0. The first-order valence-corrected chi connectivity index (χ1v) is 10.2. The minimum atomic E-state index is -0.454. The van der Waals surface area contributed by atoms with Crippen LogP contribution < -0.4 is 10.2 Å². The van der Waals surface area contributed by atoms with Crippen LogP contribution in [0.3, 0.4) is 0 Å². The van der Waals surface area contributed by atoms with Gasteiger partial charge in [-0.2, -0.15) is 0 Å². The number of para-hydroxylation sites is 1. The van der Waals surface area contributed by atoms with Crippen LogP contribution in [0, 0.1) is 5.82 Å². The Bertz CT molecular complexity index is 954. The second-order valence-corrected chi connectivity index (χ2v) is 7.99. The summed E-state index contributed by atoms with van der Waals surface area (Å²) in [5, 5.41) is 3.51. The Balaban J connectivity index is 1.43. The summed E-state index contributed by atoms with van der Waals surface area (Å²) < 4.78 is 13.2. The molecule has 2 aromatic rings. The molecule has 3 fully saturated rings. The third-order valence-corrected chi connectivity index (χ3v) is 6.21. The maximum absolute atomic E-state index is 13.4. The van der Waals surface area contributed by atoms with Crippen molar-refractivity contribution < 1.29 is 14.0 Å². The molecule has 3 amide bonds. The van der Waals surface area contributed by atoms with Crippen LogP contribution in [0.15, 0.2) is 54.6 Å². The summed E-state index contributed by atoms with van der Waals surface area (Å²) in [5.74, 6) is -0.554. The van der Waals surface area contributed by atoms with E-state index in [1.54, 1.807) is 24.1 Å². The molecule has 156 valence electrons. The van der Waals surface area contributed by atoms with Gasteiger partial charge in [-0.25, -0.2) is 9.18 Å². The molecule has 3 unspecified atom stereocenters. The van der Waals surface area contributed by atoms with Gasteiger partial charge in [0.25, 0.3) is 5.91 Å². The summed E-state index contributed by atoms with van der Waals surface area (Å²) in [4.78, 5) is 33.7. The van der Waals surface area contributed by atoms with Crippen LogP contribution in [0.25, 0.3) is 0 Å². The minimum absolute atomic E-state index is 0.131. The Hall–Kier alpha value is -2.97. The summed E-state index contributed by atoms with van der Waals surface area (Å²) in [6.45, 7) is 1.79. The number of halogens is 1. The molecule has 0 radical (unpaired) electrons. The lowest BCUT2D eigenvalue weighted by atomic mass is 10.1. The SMILES string of the molecule is CN1C(=O)N(Cc2ccc(F)cc2)C(=O)C2C1NC1N(c3ccccc3)CCCN21. The molecule has 0 saturated carbocycles. The predicted molar refractivity (Wildman–Crippen MR) is 110 cm³/mol. The number of rotatable bonds is 3. The number of nitrogens with zero attached hydrogens (tertiary/aromatic N) is 4. The molecule has 0 aromatic heterocycles. The molecule has 3 heterocycles. The molecule has 0 aliphatic carbocycles. The molecule has 3 atom stereocenters. The van der Waals surface area contributed by atoms with Gasteiger partial charge in [0.15, 0.2) is 0 Å². The summed E-state index contributed by atoms with van der Waals surface area (Å²) in [6, 6.07) is 15.2. The van der Waals surface area contributed by atoms with Crippen molar-refractivity contribution in [2.45, 2.75) is 31.5 Å². The van der Waals surface area contributed by atoms with Crippen LogP contribution in [-0.2, 0) is 11.3 Å². The largest absolute Gasteiger partial charge is 0.343 e. The molecule has 0 bridgehead atoms. The average Bonchev–Trinajstić information content (AvgIpc) is 3.17. The second-order valence-electron chi connectivity index (χ2n) is 7.99.